The highest BCUT2D eigenvalue weighted by Crippen LogP contribution is 2.15. The van der Waals surface area contributed by atoms with Crippen molar-refractivity contribution in [1.29, 1.82) is 0 Å². The number of ketones is 1. The van der Waals surface area contributed by atoms with Gasteiger partial charge in [0.1, 0.15) is 0 Å². The Balaban J connectivity index is 2.71. The number of rotatable bonds is 7. The molecule has 2 nitrogen and oxygen atoms in total. The Labute approximate surface area is 114 Å². The molecule has 0 aliphatic rings. The average Bonchev–Trinajstić information content (AvgIpc) is 2.36. The molecular weight excluding hydrogens is 246 g/mol. The van der Waals surface area contributed by atoms with Gasteiger partial charge in [-0.1, -0.05) is 37.6 Å². The molecule has 1 aromatic carbocycles. The van der Waals surface area contributed by atoms with E-state index in [1.165, 1.54) is 0 Å². The van der Waals surface area contributed by atoms with Crippen LogP contribution in [0, 0.1) is 0 Å². The van der Waals surface area contributed by atoms with E-state index in [-0.39, 0.29) is 5.78 Å². The van der Waals surface area contributed by atoms with Gasteiger partial charge in [0.05, 0.1) is 5.02 Å². The van der Waals surface area contributed by atoms with Crippen LogP contribution in [0.1, 0.15) is 37.0 Å². The summed E-state index contributed by atoms with van der Waals surface area (Å²) in [7, 11) is 0. The molecule has 0 radical (unpaired) electrons. The molecule has 0 saturated heterocycles. The van der Waals surface area contributed by atoms with Crippen LogP contribution in [0.25, 0.3) is 0 Å². The molecule has 0 N–H and O–H groups in total. The molecule has 0 unspecified atom stereocenters. The first-order valence-electron chi connectivity index (χ1n) is 6.40. The lowest BCUT2D eigenvalue weighted by atomic mass is 10.1. The van der Waals surface area contributed by atoms with Crippen molar-refractivity contribution in [3.8, 4) is 0 Å². The standard InChI is InChI=1S/C15H20ClNO/c1-3-10-17(11-4-2)12-9-15(18)13-7-5-6-8-14(13)16/h5-9,12H,3-4,10-11H2,1-2H3/b12-9-. The zero-order valence-electron chi connectivity index (χ0n) is 11.0. The third kappa shape index (κ3) is 4.53. The largest absolute Gasteiger partial charge is 0.377 e. The lowest BCUT2D eigenvalue weighted by Gasteiger charge is -2.18. The second-order valence-electron chi connectivity index (χ2n) is 4.20. The summed E-state index contributed by atoms with van der Waals surface area (Å²) < 4.78 is 0. The molecule has 0 atom stereocenters. The summed E-state index contributed by atoms with van der Waals surface area (Å²) in [6.45, 7) is 6.21. The Hall–Kier alpha value is -1.28. The minimum Gasteiger partial charge on any atom is -0.377 e. The summed E-state index contributed by atoms with van der Waals surface area (Å²) in [5, 5.41) is 0.504. The van der Waals surface area contributed by atoms with Gasteiger partial charge < -0.3 is 4.90 Å². The van der Waals surface area contributed by atoms with Gasteiger partial charge in [-0.05, 0) is 25.0 Å². The first-order valence-corrected chi connectivity index (χ1v) is 6.78. The number of hydrogen-bond acceptors (Lipinski definition) is 2. The van der Waals surface area contributed by atoms with E-state index in [9.17, 15) is 4.79 Å². The fourth-order valence-electron chi connectivity index (χ4n) is 1.76. The summed E-state index contributed by atoms with van der Waals surface area (Å²) in [6, 6.07) is 7.13. The number of hydrogen-bond donors (Lipinski definition) is 0. The van der Waals surface area contributed by atoms with Gasteiger partial charge in [-0.15, -0.1) is 0 Å². The zero-order valence-corrected chi connectivity index (χ0v) is 11.8. The predicted octanol–water partition coefficient (Wildman–Crippen LogP) is 4.16. The van der Waals surface area contributed by atoms with Gasteiger partial charge in [-0.25, -0.2) is 0 Å². The fourth-order valence-corrected chi connectivity index (χ4v) is 1.99. The summed E-state index contributed by atoms with van der Waals surface area (Å²) >= 11 is 5.99. The molecule has 0 aliphatic heterocycles. The first-order chi connectivity index (χ1) is 8.69. The molecule has 0 bridgehead atoms. The predicted molar refractivity (Wildman–Crippen MR) is 77.1 cm³/mol. The van der Waals surface area contributed by atoms with Crippen LogP contribution in [-0.4, -0.2) is 23.8 Å². The summed E-state index contributed by atoms with van der Waals surface area (Å²) in [4.78, 5) is 14.1. The van der Waals surface area contributed by atoms with E-state index in [4.69, 9.17) is 11.6 Å². The van der Waals surface area contributed by atoms with Crippen molar-refractivity contribution in [3.63, 3.8) is 0 Å². The van der Waals surface area contributed by atoms with Crippen molar-refractivity contribution in [1.82, 2.24) is 4.90 Å². The minimum atomic E-state index is -0.0437. The molecule has 0 fully saturated rings. The van der Waals surface area contributed by atoms with E-state index >= 15 is 0 Å². The van der Waals surface area contributed by atoms with E-state index in [0.29, 0.717) is 10.6 Å². The van der Waals surface area contributed by atoms with Gasteiger partial charge in [-0.2, -0.15) is 0 Å². The van der Waals surface area contributed by atoms with E-state index in [2.05, 4.69) is 18.7 Å². The molecule has 18 heavy (non-hydrogen) atoms. The summed E-state index contributed by atoms with van der Waals surface area (Å²) in [6.07, 6.45) is 5.63. The highest BCUT2D eigenvalue weighted by molar-refractivity contribution is 6.34. The van der Waals surface area contributed by atoms with E-state index < -0.39 is 0 Å². The molecule has 98 valence electrons. The van der Waals surface area contributed by atoms with Gasteiger partial charge in [0, 0.05) is 30.9 Å². The third-order valence-electron chi connectivity index (χ3n) is 2.60. The summed E-state index contributed by atoms with van der Waals surface area (Å²) in [5.74, 6) is -0.0437. The Morgan fingerprint density at radius 3 is 2.39 bits per heavy atom. The van der Waals surface area contributed by atoms with E-state index in [0.717, 1.165) is 25.9 Å². The Morgan fingerprint density at radius 2 is 1.83 bits per heavy atom. The van der Waals surface area contributed by atoms with Gasteiger partial charge in [-0.3, -0.25) is 4.79 Å². The Morgan fingerprint density at radius 1 is 1.22 bits per heavy atom. The van der Waals surface area contributed by atoms with Crippen LogP contribution in [0.3, 0.4) is 0 Å². The quantitative estimate of drug-likeness (QED) is 0.545. The van der Waals surface area contributed by atoms with Crippen molar-refractivity contribution >= 4 is 17.4 Å². The van der Waals surface area contributed by atoms with E-state index in [1.54, 1.807) is 18.2 Å². The molecule has 0 heterocycles. The highest BCUT2D eigenvalue weighted by atomic mass is 35.5. The smallest absolute Gasteiger partial charge is 0.188 e. The number of benzene rings is 1. The fraction of sp³-hybridized carbons (Fsp3) is 0.400. The molecule has 1 aromatic rings. The van der Waals surface area contributed by atoms with Crippen LogP contribution in [0.5, 0.6) is 0 Å². The van der Waals surface area contributed by atoms with Crippen LogP contribution in [0.15, 0.2) is 36.5 Å². The zero-order chi connectivity index (χ0) is 13.4. The average molecular weight is 266 g/mol. The lowest BCUT2D eigenvalue weighted by molar-refractivity contribution is 0.104. The topological polar surface area (TPSA) is 20.3 Å². The maximum absolute atomic E-state index is 12.0. The van der Waals surface area contributed by atoms with Gasteiger partial charge in [0.25, 0.3) is 0 Å². The van der Waals surface area contributed by atoms with E-state index in [1.807, 2.05) is 18.3 Å². The van der Waals surface area contributed by atoms with Crippen LogP contribution < -0.4 is 0 Å². The normalized spacial score (nSPS) is 10.8. The maximum Gasteiger partial charge on any atom is 0.188 e. The SMILES string of the molecule is CCCN(/C=C\C(=O)c1ccccc1Cl)CCC. The van der Waals surface area contributed by atoms with Gasteiger partial charge in [0.15, 0.2) is 5.78 Å². The van der Waals surface area contributed by atoms with Crippen molar-refractivity contribution in [2.75, 3.05) is 13.1 Å². The molecule has 0 amide bonds. The van der Waals surface area contributed by atoms with Gasteiger partial charge >= 0.3 is 0 Å². The number of halogens is 1. The molecule has 0 aromatic heterocycles. The molecule has 0 spiro atoms. The highest BCUT2D eigenvalue weighted by Gasteiger charge is 2.06. The maximum atomic E-state index is 12.0. The second-order valence-corrected chi connectivity index (χ2v) is 4.60. The molecular formula is C15H20ClNO. The monoisotopic (exact) mass is 265 g/mol. The second kappa shape index (κ2) is 7.93. The van der Waals surface area contributed by atoms with Gasteiger partial charge in [0.2, 0.25) is 0 Å². The minimum absolute atomic E-state index is 0.0437. The van der Waals surface area contributed by atoms with Crippen LogP contribution >= 0.6 is 11.6 Å². The summed E-state index contributed by atoms with van der Waals surface area (Å²) in [5.41, 5.74) is 0.559. The molecule has 0 aliphatic carbocycles. The van der Waals surface area contributed by atoms with Crippen molar-refractivity contribution < 1.29 is 4.79 Å². The van der Waals surface area contributed by atoms with Crippen molar-refractivity contribution in [3.05, 3.63) is 47.1 Å². The number of carbonyl (C=O) groups excluding carboxylic acids is 1. The Kier molecular flexibility index (Phi) is 6.51. The number of carbonyl (C=O) groups is 1. The van der Waals surface area contributed by atoms with Crippen LogP contribution in [0.4, 0.5) is 0 Å². The number of allylic oxidation sites excluding steroid dienone is 1. The van der Waals surface area contributed by atoms with Crippen molar-refractivity contribution in [2.45, 2.75) is 26.7 Å². The third-order valence-corrected chi connectivity index (χ3v) is 2.93. The Bertz CT molecular complexity index is 409. The molecule has 3 heteroatoms. The number of nitrogens with zero attached hydrogens (tertiary/aromatic N) is 1. The molecule has 1 rings (SSSR count). The van der Waals surface area contributed by atoms with Crippen LogP contribution in [-0.2, 0) is 0 Å². The lowest BCUT2D eigenvalue weighted by Crippen LogP contribution is -2.19. The van der Waals surface area contributed by atoms with Crippen LogP contribution in [0.2, 0.25) is 5.02 Å². The molecule has 0 saturated carbocycles. The first kappa shape index (κ1) is 14.8. The van der Waals surface area contributed by atoms with Crippen molar-refractivity contribution in [2.24, 2.45) is 0 Å².